The molecule has 0 amide bonds. The third-order valence-corrected chi connectivity index (χ3v) is 4.00. The zero-order chi connectivity index (χ0) is 16.7. The fourth-order valence-electron chi connectivity index (χ4n) is 2.96. The lowest BCUT2D eigenvalue weighted by molar-refractivity contribution is 0.629. The third-order valence-electron chi connectivity index (χ3n) is 4.00. The van der Waals surface area contributed by atoms with E-state index in [4.69, 9.17) is 0 Å². The van der Waals surface area contributed by atoms with E-state index in [1.54, 1.807) is 6.07 Å². The van der Waals surface area contributed by atoms with Crippen LogP contribution >= 0.6 is 0 Å². The van der Waals surface area contributed by atoms with Gasteiger partial charge in [-0.15, -0.1) is 0 Å². The zero-order valence-corrected chi connectivity index (χ0v) is 12.9. The number of aromatic amines is 2. The molecular weight excluding hydrogens is 305 g/mol. The van der Waals surface area contributed by atoms with Gasteiger partial charge in [-0.05, 0) is 36.8 Å². The SMILES string of the molecule is Cc1cc(-c2c(-c3ccccc3)c3cc(F)ccc3[nH]c2=O)n[nH]1. The molecule has 24 heavy (non-hydrogen) atoms. The maximum atomic E-state index is 13.9. The molecule has 0 aliphatic rings. The number of aromatic nitrogens is 3. The van der Waals surface area contributed by atoms with E-state index in [9.17, 15) is 9.18 Å². The zero-order valence-electron chi connectivity index (χ0n) is 12.9. The van der Waals surface area contributed by atoms with Crippen LogP contribution in [0.1, 0.15) is 5.69 Å². The minimum Gasteiger partial charge on any atom is -0.321 e. The highest BCUT2D eigenvalue weighted by molar-refractivity contribution is 6.01. The number of hydrogen-bond donors (Lipinski definition) is 2. The van der Waals surface area contributed by atoms with Gasteiger partial charge in [0.05, 0.1) is 11.3 Å². The first-order chi connectivity index (χ1) is 11.6. The van der Waals surface area contributed by atoms with Gasteiger partial charge >= 0.3 is 0 Å². The fraction of sp³-hybridized carbons (Fsp3) is 0.0526. The molecule has 0 saturated heterocycles. The van der Waals surface area contributed by atoms with Gasteiger partial charge in [0.2, 0.25) is 0 Å². The average molecular weight is 319 g/mol. The molecule has 0 atom stereocenters. The predicted octanol–water partition coefficient (Wildman–Crippen LogP) is 4.03. The van der Waals surface area contributed by atoms with Crippen molar-refractivity contribution in [3.05, 3.63) is 76.5 Å². The summed E-state index contributed by atoms with van der Waals surface area (Å²) in [5.41, 5.74) is 3.69. The standard InChI is InChI=1S/C19H14FN3O/c1-11-9-16(23-22-11)18-17(12-5-3-2-4-6-12)14-10-13(20)7-8-15(14)21-19(18)24/h2-10H,1H3,(H,21,24)(H,22,23). The van der Waals surface area contributed by atoms with Gasteiger partial charge in [0.25, 0.3) is 5.56 Å². The van der Waals surface area contributed by atoms with Crippen molar-refractivity contribution in [1.82, 2.24) is 15.2 Å². The van der Waals surface area contributed by atoms with Crippen molar-refractivity contribution < 1.29 is 4.39 Å². The molecule has 0 bridgehead atoms. The lowest BCUT2D eigenvalue weighted by Crippen LogP contribution is -2.11. The summed E-state index contributed by atoms with van der Waals surface area (Å²) in [4.78, 5) is 15.5. The van der Waals surface area contributed by atoms with Gasteiger partial charge in [0.15, 0.2) is 0 Å². The van der Waals surface area contributed by atoms with E-state index in [1.807, 2.05) is 43.3 Å². The summed E-state index contributed by atoms with van der Waals surface area (Å²) in [5.74, 6) is -0.351. The Labute approximate surface area is 137 Å². The van der Waals surface area contributed by atoms with Crippen molar-refractivity contribution in [3.8, 4) is 22.4 Å². The summed E-state index contributed by atoms with van der Waals surface area (Å²) in [6.07, 6.45) is 0. The molecule has 2 N–H and O–H groups in total. The number of nitrogens with one attached hydrogen (secondary N) is 2. The third kappa shape index (κ3) is 2.31. The Kier molecular flexibility index (Phi) is 3.27. The number of fused-ring (bicyclic) bond motifs is 1. The quantitative estimate of drug-likeness (QED) is 0.586. The van der Waals surface area contributed by atoms with E-state index in [2.05, 4.69) is 15.2 Å². The van der Waals surface area contributed by atoms with Crippen LogP contribution in [0.5, 0.6) is 0 Å². The molecule has 4 nitrogen and oxygen atoms in total. The molecule has 0 aliphatic heterocycles. The van der Waals surface area contributed by atoms with Crippen LogP contribution in [0.4, 0.5) is 4.39 Å². The number of H-pyrrole nitrogens is 2. The van der Waals surface area contributed by atoms with Crippen LogP contribution in [0.25, 0.3) is 33.3 Å². The van der Waals surface area contributed by atoms with Gasteiger partial charge in [0, 0.05) is 22.2 Å². The molecule has 2 heterocycles. The first kappa shape index (κ1) is 14.4. The normalized spacial score (nSPS) is 11.1. The number of hydrogen-bond acceptors (Lipinski definition) is 2. The molecular formula is C19H14FN3O. The Morgan fingerprint density at radius 1 is 1.00 bits per heavy atom. The maximum Gasteiger partial charge on any atom is 0.258 e. The van der Waals surface area contributed by atoms with Crippen LogP contribution in [0.3, 0.4) is 0 Å². The summed E-state index contributed by atoms with van der Waals surface area (Å²) < 4.78 is 13.9. The van der Waals surface area contributed by atoms with E-state index in [0.29, 0.717) is 27.7 Å². The van der Waals surface area contributed by atoms with Crippen LogP contribution < -0.4 is 5.56 Å². The van der Waals surface area contributed by atoms with E-state index >= 15 is 0 Å². The Balaban J connectivity index is 2.18. The molecule has 118 valence electrons. The van der Waals surface area contributed by atoms with Crippen molar-refractivity contribution in [2.45, 2.75) is 6.92 Å². The first-order valence-electron chi connectivity index (χ1n) is 7.57. The second-order valence-electron chi connectivity index (χ2n) is 5.70. The molecule has 4 aromatic rings. The summed E-state index contributed by atoms with van der Waals surface area (Å²) >= 11 is 0. The van der Waals surface area contributed by atoms with Crippen molar-refractivity contribution in [2.24, 2.45) is 0 Å². The minimum atomic E-state index is -0.351. The van der Waals surface area contributed by atoms with Crippen molar-refractivity contribution >= 4 is 10.9 Å². The molecule has 0 fully saturated rings. The van der Waals surface area contributed by atoms with Gasteiger partial charge in [0.1, 0.15) is 5.82 Å². The largest absolute Gasteiger partial charge is 0.321 e. The number of nitrogens with zero attached hydrogens (tertiary/aromatic N) is 1. The number of halogens is 1. The molecule has 0 spiro atoms. The van der Waals surface area contributed by atoms with Crippen LogP contribution in [0.2, 0.25) is 0 Å². The van der Waals surface area contributed by atoms with Gasteiger partial charge in [-0.2, -0.15) is 5.10 Å². The smallest absolute Gasteiger partial charge is 0.258 e. The van der Waals surface area contributed by atoms with E-state index < -0.39 is 0 Å². The molecule has 5 heteroatoms. The average Bonchev–Trinajstić information content (AvgIpc) is 3.01. The molecule has 2 aromatic heterocycles. The summed E-state index contributed by atoms with van der Waals surface area (Å²) in [6, 6.07) is 15.7. The summed E-state index contributed by atoms with van der Waals surface area (Å²) in [6.45, 7) is 1.87. The number of benzene rings is 2. The Morgan fingerprint density at radius 2 is 1.79 bits per heavy atom. The Hall–Kier alpha value is -3.21. The Morgan fingerprint density at radius 3 is 2.50 bits per heavy atom. The predicted molar refractivity (Wildman–Crippen MR) is 92.3 cm³/mol. The van der Waals surface area contributed by atoms with Crippen molar-refractivity contribution in [3.63, 3.8) is 0 Å². The second-order valence-corrected chi connectivity index (χ2v) is 5.70. The van der Waals surface area contributed by atoms with Crippen LogP contribution in [0.15, 0.2) is 59.4 Å². The lowest BCUT2D eigenvalue weighted by Gasteiger charge is -2.11. The summed E-state index contributed by atoms with van der Waals surface area (Å²) in [5, 5.41) is 7.73. The number of rotatable bonds is 2. The molecule has 4 rings (SSSR count). The Bertz CT molecular complexity index is 1100. The lowest BCUT2D eigenvalue weighted by atomic mass is 9.94. The highest BCUT2D eigenvalue weighted by Gasteiger charge is 2.18. The first-order valence-corrected chi connectivity index (χ1v) is 7.57. The second kappa shape index (κ2) is 5.45. The van der Waals surface area contributed by atoms with E-state index in [0.717, 1.165) is 11.3 Å². The maximum absolute atomic E-state index is 13.9. The van der Waals surface area contributed by atoms with E-state index in [-0.39, 0.29) is 11.4 Å². The summed E-state index contributed by atoms with van der Waals surface area (Å²) in [7, 11) is 0. The van der Waals surface area contributed by atoms with Gasteiger partial charge in [-0.3, -0.25) is 9.89 Å². The van der Waals surface area contributed by atoms with Crippen LogP contribution in [-0.4, -0.2) is 15.2 Å². The highest BCUT2D eigenvalue weighted by Crippen LogP contribution is 2.34. The number of aryl methyl sites for hydroxylation is 1. The molecule has 0 aliphatic carbocycles. The molecule has 0 unspecified atom stereocenters. The molecule has 0 saturated carbocycles. The molecule has 2 aromatic carbocycles. The van der Waals surface area contributed by atoms with Crippen molar-refractivity contribution in [1.29, 1.82) is 0 Å². The fourth-order valence-corrected chi connectivity index (χ4v) is 2.96. The van der Waals surface area contributed by atoms with Crippen molar-refractivity contribution in [2.75, 3.05) is 0 Å². The monoisotopic (exact) mass is 319 g/mol. The molecule has 0 radical (unpaired) electrons. The minimum absolute atomic E-state index is 0.250. The van der Waals surface area contributed by atoms with Gasteiger partial charge < -0.3 is 4.98 Å². The van der Waals surface area contributed by atoms with Gasteiger partial charge in [-0.25, -0.2) is 4.39 Å². The van der Waals surface area contributed by atoms with E-state index in [1.165, 1.54) is 12.1 Å². The van der Waals surface area contributed by atoms with Gasteiger partial charge in [-0.1, -0.05) is 30.3 Å². The van der Waals surface area contributed by atoms with Crippen LogP contribution in [0, 0.1) is 12.7 Å². The highest BCUT2D eigenvalue weighted by atomic mass is 19.1. The topological polar surface area (TPSA) is 61.5 Å². The van der Waals surface area contributed by atoms with Crippen LogP contribution in [-0.2, 0) is 0 Å². The number of pyridine rings is 1.